The summed E-state index contributed by atoms with van der Waals surface area (Å²) in [6.45, 7) is 0.730. The molecule has 0 bridgehead atoms. The van der Waals surface area contributed by atoms with Gasteiger partial charge < -0.3 is 15.8 Å². The number of hydrogen-bond donors (Lipinski definition) is 2. The van der Waals surface area contributed by atoms with Crippen LogP contribution in [0.2, 0.25) is 0 Å². The van der Waals surface area contributed by atoms with E-state index in [1.165, 1.54) is 5.56 Å². The van der Waals surface area contributed by atoms with E-state index < -0.39 is 0 Å². The molecule has 1 fully saturated rings. The first-order chi connectivity index (χ1) is 10.8. The molecule has 114 valence electrons. The highest BCUT2D eigenvalue weighted by Gasteiger charge is 2.38. The van der Waals surface area contributed by atoms with Crippen molar-refractivity contribution in [2.75, 3.05) is 19.0 Å². The quantitative estimate of drug-likeness (QED) is 0.657. The molecule has 1 aromatic heterocycles. The smallest absolute Gasteiger partial charge is 0.194 e. The lowest BCUT2D eigenvalue weighted by Gasteiger charge is -2.05. The van der Waals surface area contributed by atoms with E-state index in [9.17, 15) is 0 Å². The first kappa shape index (κ1) is 14.4. The van der Waals surface area contributed by atoms with Crippen LogP contribution in [0.1, 0.15) is 17.9 Å². The number of methoxy groups -OCH3 is 1. The SMILES string of the molecule is COc1cccc([C@@H]2C[C@H]2CN=C(N)Nc2ccccn2)c1. The Labute approximate surface area is 130 Å². The van der Waals surface area contributed by atoms with Gasteiger partial charge in [-0.25, -0.2) is 4.98 Å². The molecule has 22 heavy (non-hydrogen) atoms. The molecule has 3 N–H and O–H groups in total. The average Bonchev–Trinajstić information content (AvgIpc) is 3.34. The van der Waals surface area contributed by atoms with Gasteiger partial charge in [-0.2, -0.15) is 0 Å². The van der Waals surface area contributed by atoms with Crippen molar-refractivity contribution in [2.45, 2.75) is 12.3 Å². The maximum Gasteiger partial charge on any atom is 0.194 e. The van der Waals surface area contributed by atoms with E-state index in [-0.39, 0.29) is 0 Å². The predicted molar refractivity (Wildman–Crippen MR) is 88.2 cm³/mol. The van der Waals surface area contributed by atoms with Crippen LogP contribution < -0.4 is 15.8 Å². The standard InChI is InChI=1S/C17H20N4O/c1-22-14-6-4-5-12(9-14)15-10-13(15)11-20-17(18)21-16-7-2-3-8-19-16/h2-9,13,15H,10-11H2,1H3,(H3,18,19,20,21)/t13-,15-/m0/s1. The first-order valence-electron chi connectivity index (χ1n) is 7.38. The summed E-state index contributed by atoms with van der Waals surface area (Å²) in [4.78, 5) is 8.57. The fraction of sp³-hybridized carbons (Fsp3) is 0.294. The number of nitrogens with one attached hydrogen (secondary N) is 1. The third-order valence-corrected chi connectivity index (χ3v) is 3.86. The molecule has 1 aliphatic rings. The van der Waals surface area contributed by atoms with E-state index in [1.54, 1.807) is 13.3 Å². The van der Waals surface area contributed by atoms with Crippen LogP contribution in [0.25, 0.3) is 0 Å². The Morgan fingerprint density at radius 2 is 2.27 bits per heavy atom. The van der Waals surface area contributed by atoms with Gasteiger partial charge in [0, 0.05) is 12.7 Å². The van der Waals surface area contributed by atoms with Crippen molar-refractivity contribution < 1.29 is 4.74 Å². The topological polar surface area (TPSA) is 72.5 Å². The van der Waals surface area contributed by atoms with Gasteiger partial charge in [-0.1, -0.05) is 18.2 Å². The number of hydrogen-bond acceptors (Lipinski definition) is 3. The van der Waals surface area contributed by atoms with Gasteiger partial charge >= 0.3 is 0 Å². The third-order valence-electron chi connectivity index (χ3n) is 3.86. The molecule has 1 aromatic carbocycles. The summed E-state index contributed by atoms with van der Waals surface area (Å²) in [5.41, 5.74) is 7.21. The second-order valence-corrected chi connectivity index (χ2v) is 5.44. The highest BCUT2D eigenvalue weighted by molar-refractivity contribution is 5.91. The molecule has 5 heteroatoms. The second-order valence-electron chi connectivity index (χ2n) is 5.44. The highest BCUT2D eigenvalue weighted by Crippen LogP contribution is 2.48. The van der Waals surface area contributed by atoms with Crippen molar-refractivity contribution in [3.05, 3.63) is 54.2 Å². The molecule has 1 aliphatic carbocycles. The molecular formula is C17H20N4O. The lowest BCUT2D eigenvalue weighted by atomic mass is 10.1. The molecule has 0 aliphatic heterocycles. The second kappa shape index (κ2) is 6.47. The maximum absolute atomic E-state index is 5.89. The predicted octanol–water partition coefficient (Wildman–Crippen LogP) is 2.62. The Morgan fingerprint density at radius 3 is 3.05 bits per heavy atom. The van der Waals surface area contributed by atoms with E-state index in [0.717, 1.165) is 18.7 Å². The number of anilines is 1. The van der Waals surface area contributed by atoms with Crippen molar-refractivity contribution >= 4 is 11.8 Å². The minimum Gasteiger partial charge on any atom is -0.497 e. The largest absolute Gasteiger partial charge is 0.497 e. The summed E-state index contributed by atoms with van der Waals surface area (Å²) < 4.78 is 5.27. The van der Waals surface area contributed by atoms with Crippen LogP contribution in [0, 0.1) is 5.92 Å². The molecule has 0 radical (unpaired) electrons. The Bertz CT molecular complexity index is 657. The summed E-state index contributed by atoms with van der Waals surface area (Å²) in [5, 5.41) is 2.99. The van der Waals surface area contributed by atoms with Crippen LogP contribution in [0.15, 0.2) is 53.7 Å². The lowest BCUT2D eigenvalue weighted by molar-refractivity contribution is 0.414. The zero-order valence-corrected chi connectivity index (χ0v) is 12.6. The van der Waals surface area contributed by atoms with Gasteiger partial charge in [-0.3, -0.25) is 4.99 Å². The zero-order chi connectivity index (χ0) is 15.4. The van der Waals surface area contributed by atoms with Crippen LogP contribution in [-0.4, -0.2) is 24.6 Å². The number of nitrogens with two attached hydrogens (primary N) is 1. The lowest BCUT2D eigenvalue weighted by Crippen LogP contribution is -2.23. The third kappa shape index (κ3) is 3.55. The summed E-state index contributed by atoms with van der Waals surface area (Å²) in [7, 11) is 1.69. The zero-order valence-electron chi connectivity index (χ0n) is 12.6. The van der Waals surface area contributed by atoms with Crippen LogP contribution >= 0.6 is 0 Å². The summed E-state index contributed by atoms with van der Waals surface area (Å²) >= 11 is 0. The Morgan fingerprint density at radius 1 is 1.36 bits per heavy atom. The van der Waals surface area contributed by atoms with Crippen molar-refractivity contribution in [1.82, 2.24) is 4.98 Å². The van der Waals surface area contributed by atoms with Gasteiger partial charge in [0.25, 0.3) is 0 Å². The van der Waals surface area contributed by atoms with Crippen molar-refractivity contribution in [3.8, 4) is 5.75 Å². The first-order valence-corrected chi connectivity index (χ1v) is 7.38. The van der Waals surface area contributed by atoms with E-state index in [2.05, 4.69) is 27.4 Å². The van der Waals surface area contributed by atoms with E-state index in [4.69, 9.17) is 10.5 Å². The van der Waals surface area contributed by atoms with Gasteiger partial charge in [0.2, 0.25) is 0 Å². The fourth-order valence-electron chi connectivity index (χ4n) is 2.55. The molecule has 2 atom stereocenters. The Hall–Kier alpha value is -2.56. The number of benzene rings is 1. The van der Waals surface area contributed by atoms with Crippen molar-refractivity contribution in [1.29, 1.82) is 0 Å². The molecule has 3 rings (SSSR count). The summed E-state index contributed by atoms with van der Waals surface area (Å²) in [6.07, 6.45) is 2.86. The normalized spacial score (nSPS) is 20.5. The van der Waals surface area contributed by atoms with Gasteiger partial charge in [0.15, 0.2) is 5.96 Å². The molecule has 0 saturated heterocycles. The Balaban J connectivity index is 1.53. The average molecular weight is 296 g/mol. The molecule has 2 aromatic rings. The van der Waals surface area contributed by atoms with Gasteiger partial charge in [-0.05, 0) is 48.1 Å². The highest BCUT2D eigenvalue weighted by atomic mass is 16.5. The Kier molecular flexibility index (Phi) is 4.23. The number of rotatable bonds is 5. The van der Waals surface area contributed by atoms with Gasteiger partial charge in [-0.15, -0.1) is 0 Å². The number of pyridine rings is 1. The summed E-state index contributed by atoms with van der Waals surface area (Å²) in [5.74, 6) is 3.14. The molecular weight excluding hydrogens is 276 g/mol. The molecule has 1 saturated carbocycles. The molecule has 5 nitrogen and oxygen atoms in total. The number of ether oxygens (including phenoxy) is 1. The molecule has 1 heterocycles. The molecule has 0 amide bonds. The molecule has 0 unspecified atom stereocenters. The van der Waals surface area contributed by atoms with Gasteiger partial charge in [0.05, 0.1) is 7.11 Å². The van der Waals surface area contributed by atoms with Crippen LogP contribution in [0.5, 0.6) is 5.75 Å². The number of nitrogens with zero attached hydrogens (tertiary/aromatic N) is 2. The monoisotopic (exact) mass is 296 g/mol. The molecule has 0 spiro atoms. The minimum atomic E-state index is 0.412. The van der Waals surface area contributed by atoms with Crippen LogP contribution in [0.3, 0.4) is 0 Å². The van der Waals surface area contributed by atoms with Crippen molar-refractivity contribution in [2.24, 2.45) is 16.6 Å². The van der Waals surface area contributed by atoms with E-state index in [1.807, 2.05) is 30.3 Å². The number of aromatic nitrogens is 1. The van der Waals surface area contributed by atoms with Gasteiger partial charge in [0.1, 0.15) is 11.6 Å². The summed E-state index contributed by atoms with van der Waals surface area (Å²) in [6, 6.07) is 13.9. The maximum atomic E-state index is 5.89. The fourth-order valence-corrected chi connectivity index (χ4v) is 2.55. The van der Waals surface area contributed by atoms with Crippen LogP contribution in [-0.2, 0) is 0 Å². The van der Waals surface area contributed by atoms with Crippen LogP contribution in [0.4, 0.5) is 5.82 Å². The van der Waals surface area contributed by atoms with Crippen molar-refractivity contribution in [3.63, 3.8) is 0 Å². The number of guanidine groups is 1. The minimum absolute atomic E-state index is 0.412. The van der Waals surface area contributed by atoms with E-state index >= 15 is 0 Å². The number of aliphatic imine (C=N–C) groups is 1. The van der Waals surface area contributed by atoms with E-state index in [0.29, 0.717) is 23.6 Å².